The highest BCUT2D eigenvalue weighted by Gasteiger charge is 2.48. The molecule has 0 aromatic heterocycles. The number of rotatable bonds is 4. The van der Waals surface area contributed by atoms with Gasteiger partial charge < -0.3 is 9.80 Å². The van der Waals surface area contributed by atoms with E-state index in [1.54, 1.807) is 0 Å². The quantitative estimate of drug-likeness (QED) is 0.321. The Labute approximate surface area is 197 Å². The number of hydrogen-bond acceptors (Lipinski definition) is 2. The number of nitrogens with zero attached hydrogens (tertiary/aromatic N) is 2. The second-order valence-corrected chi connectivity index (χ2v) is 10.2. The van der Waals surface area contributed by atoms with Gasteiger partial charge in [0.1, 0.15) is 0 Å². The number of para-hydroxylation sites is 2. The first-order chi connectivity index (χ1) is 16.1. The zero-order chi connectivity index (χ0) is 22.7. The second-order valence-electron chi connectivity index (χ2n) is 10.2. The van der Waals surface area contributed by atoms with Gasteiger partial charge in [0.05, 0.1) is 18.8 Å². The van der Waals surface area contributed by atoms with E-state index < -0.39 is 0 Å². The minimum atomic E-state index is 0.311. The van der Waals surface area contributed by atoms with E-state index in [0.29, 0.717) is 23.9 Å². The maximum absolute atomic E-state index is 2.67. The van der Waals surface area contributed by atoms with Crippen LogP contribution >= 0.6 is 0 Å². The van der Waals surface area contributed by atoms with E-state index in [2.05, 4.69) is 122 Å². The molecule has 1 fully saturated rings. The molecule has 4 aromatic rings. The summed E-state index contributed by atoms with van der Waals surface area (Å²) in [6.45, 7) is 10.1. The third-order valence-corrected chi connectivity index (χ3v) is 7.62. The molecule has 0 saturated carbocycles. The molecule has 1 saturated heterocycles. The average molecular weight is 433 g/mol. The van der Waals surface area contributed by atoms with E-state index in [0.717, 1.165) is 6.67 Å². The molecule has 1 heterocycles. The van der Waals surface area contributed by atoms with Gasteiger partial charge in [0.15, 0.2) is 0 Å². The Morgan fingerprint density at radius 3 is 1.48 bits per heavy atom. The van der Waals surface area contributed by atoms with Crippen molar-refractivity contribution in [2.24, 2.45) is 0 Å². The molecule has 4 aromatic carbocycles. The molecule has 6 rings (SSSR count). The van der Waals surface area contributed by atoms with E-state index in [-0.39, 0.29) is 0 Å². The molecule has 2 aliphatic rings. The molecule has 2 nitrogen and oxygen atoms in total. The first kappa shape index (κ1) is 20.4. The largest absolute Gasteiger partial charge is 0.344 e. The van der Waals surface area contributed by atoms with Crippen LogP contribution in [0.1, 0.15) is 73.9 Å². The van der Waals surface area contributed by atoms with Gasteiger partial charge in [0.25, 0.3) is 0 Å². The maximum atomic E-state index is 2.67. The zero-order valence-corrected chi connectivity index (χ0v) is 20.0. The van der Waals surface area contributed by atoms with Crippen molar-refractivity contribution >= 4 is 22.1 Å². The van der Waals surface area contributed by atoms with E-state index in [4.69, 9.17) is 0 Å². The summed E-state index contributed by atoms with van der Waals surface area (Å²) in [4.78, 5) is 5.34. The second kappa shape index (κ2) is 7.66. The minimum absolute atomic E-state index is 0.311. The lowest BCUT2D eigenvalue weighted by Gasteiger charge is -2.29. The van der Waals surface area contributed by atoms with Crippen LogP contribution in [0.25, 0.3) is 10.8 Å². The highest BCUT2D eigenvalue weighted by molar-refractivity contribution is 5.94. The zero-order valence-electron chi connectivity index (χ0n) is 20.0. The summed E-state index contributed by atoms with van der Waals surface area (Å²) >= 11 is 0. The summed E-state index contributed by atoms with van der Waals surface area (Å²) in [6, 6.07) is 32.4. The van der Waals surface area contributed by atoms with Crippen molar-refractivity contribution < 1.29 is 0 Å². The fraction of sp³-hybridized carbons (Fsp3) is 0.290. The predicted octanol–water partition coefficient (Wildman–Crippen LogP) is 8.17. The first-order valence-corrected chi connectivity index (χ1v) is 12.3. The number of anilines is 2. The van der Waals surface area contributed by atoms with Gasteiger partial charge in [-0.15, -0.1) is 0 Å². The van der Waals surface area contributed by atoms with Crippen LogP contribution in [0, 0.1) is 0 Å². The smallest absolute Gasteiger partial charge is 0.0917 e. The van der Waals surface area contributed by atoms with Crippen LogP contribution in [0.5, 0.6) is 0 Å². The van der Waals surface area contributed by atoms with Crippen LogP contribution in [0.3, 0.4) is 0 Å². The highest BCUT2D eigenvalue weighted by Crippen LogP contribution is 2.56. The number of hydrogen-bond donors (Lipinski definition) is 0. The molecule has 166 valence electrons. The summed E-state index contributed by atoms with van der Waals surface area (Å²) < 4.78 is 0. The lowest BCUT2D eigenvalue weighted by atomic mass is 9.97. The van der Waals surface area contributed by atoms with E-state index >= 15 is 0 Å². The molecule has 2 heteroatoms. The minimum Gasteiger partial charge on any atom is -0.344 e. The average Bonchev–Trinajstić information content (AvgIpc) is 3.37. The van der Waals surface area contributed by atoms with Crippen molar-refractivity contribution in [3.8, 4) is 0 Å². The van der Waals surface area contributed by atoms with Gasteiger partial charge in [0, 0.05) is 11.4 Å². The molecule has 2 atom stereocenters. The van der Waals surface area contributed by atoms with E-state index in [1.165, 1.54) is 44.4 Å². The van der Waals surface area contributed by atoms with Crippen LogP contribution in [0.2, 0.25) is 0 Å². The summed E-state index contributed by atoms with van der Waals surface area (Å²) in [5.74, 6) is 0.965. The Bertz CT molecular complexity index is 1240. The number of fused-ring (bicyclic) bond motifs is 3. The Morgan fingerprint density at radius 1 is 0.576 bits per heavy atom. The first-order valence-electron chi connectivity index (χ1n) is 12.3. The standard InChI is InChI=1S/C31H32N2/c1-20(2)23-13-5-7-17-27(23)32-19-33(28-18-8-6-14-24(28)21(3)4)31-26-16-10-12-22-11-9-15-25(29(22)26)30(31)32/h5-18,20-21,30-31H,19H2,1-4H3. The van der Waals surface area contributed by atoms with Crippen molar-refractivity contribution in [2.75, 3.05) is 16.5 Å². The molecule has 1 aliphatic heterocycles. The molecule has 2 unspecified atom stereocenters. The summed E-state index contributed by atoms with van der Waals surface area (Å²) in [5.41, 5.74) is 8.54. The molecule has 0 radical (unpaired) electrons. The summed E-state index contributed by atoms with van der Waals surface area (Å²) in [5, 5.41) is 2.81. The van der Waals surface area contributed by atoms with Crippen molar-refractivity contribution in [3.63, 3.8) is 0 Å². The van der Waals surface area contributed by atoms with Crippen molar-refractivity contribution in [1.29, 1.82) is 0 Å². The van der Waals surface area contributed by atoms with Crippen molar-refractivity contribution in [3.05, 3.63) is 107 Å². The van der Waals surface area contributed by atoms with Gasteiger partial charge in [-0.2, -0.15) is 0 Å². The maximum Gasteiger partial charge on any atom is 0.0917 e. The van der Waals surface area contributed by atoms with Crippen LogP contribution in [-0.2, 0) is 0 Å². The Morgan fingerprint density at radius 2 is 1.03 bits per heavy atom. The van der Waals surface area contributed by atoms with Gasteiger partial charge >= 0.3 is 0 Å². The molecule has 0 bridgehead atoms. The van der Waals surface area contributed by atoms with E-state index in [9.17, 15) is 0 Å². The fourth-order valence-corrected chi connectivity index (χ4v) is 6.18. The van der Waals surface area contributed by atoms with E-state index in [1.807, 2.05) is 0 Å². The van der Waals surface area contributed by atoms with Gasteiger partial charge in [-0.05, 0) is 57.0 Å². The Hall–Kier alpha value is -3.26. The molecule has 1 aliphatic carbocycles. The third kappa shape index (κ3) is 3.00. The molecule has 0 spiro atoms. The van der Waals surface area contributed by atoms with Crippen LogP contribution in [0.4, 0.5) is 11.4 Å². The topological polar surface area (TPSA) is 6.48 Å². The summed E-state index contributed by atoms with van der Waals surface area (Å²) in [7, 11) is 0. The van der Waals surface area contributed by atoms with Gasteiger partial charge in [-0.25, -0.2) is 0 Å². The molecule has 33 heavy (non-hydrogen) atoms. The predicted molar refractivity (Wildman–Crippen MR) is 140 cm³/mol. The molecular formula is C31H32N2. The van der Waals surface area contributed by atoms with Crippen LogP contribution in [-0.4, -0.2) is 6.67 Å². The monoisotopic (exact) mass is 432 g/mol. The Kier molecular flexibility index (Phi) is 4.72. The van der Waals surface area contributed by atoms with Gasteiger partial charge in [-0.1, -0.05) is 100 Å². The SMILES string of the molecule is CC(C)c1ccccc1N1CN(c2ccccc2C(C)C)C2c3cccc4cccc(c34)C21. The highest BCUT2D eigenvalue weighted by atomic mass is 15.4. The van der Waals surface area contributed by atoms with Crippen molar-refractivity contribution in [1.82, 2.24) is 0 Å². The van der Waals surface area contributed by atoms with Gasteiger partial charge in [-0.3, -0.25) is 0 Å². The van der Waals surface area contributed by atoms with Crippen LogP contribution < -0.4 is 9.80 Å². The lowest BCUT2D eigenvalue weighted by molar-refractivity contribution is 0.643. The third-order valence-electron chi connectivity index (χ3n) is 7.62. The number of benzene rings is 4. The fourth-order valence-electron chi connectivity index (χ4n) is 6.18. The summed E-state index contributed by atoms with van der Waals surface area (Å²) in [6.07, 6.45) is 0. The van der Waals surface area contributed by atoms with Gasteiger partial charge in [0.2, 0.25) is 0 Å². The van der Waals surface area contributed by atoms with Crippen LogP contribution in [0.15, 0.2) is 84.9 Å². The lowest BCUT2D eigenvalue weighted by Crippen LogP contribution is -2.28. The Balaban J connectivity index is 1.59. The molecule has 0 amide bonds. The molecular weight excluding hydrogens is 400 g/mol. The molecule has 0 N–H and O–H groups in total. The van der Waals surface area contributed by atoms with Crippen molar-refractivity contribution in [2.45, 2.75) is 51.6 Å². The normalized spacial score (nSPS) is 19.2.